The first-order valence-corrected chi connectivity index (χ1v) is 4.25. The third-order valence-electron chi connectivity index (χ3n) is 2.02. The molecule has 3 nitrogen and oxygen atoms in total. The van der Waals surface area contributed by atoms with Gasteiger partial charge >= 0.3 is 5.97 Å². The molecule has 0 bridgehead atoms. The van der Waals surface area contributed by atoms with Gasteiger partial charge in [-0.2, -0.15) is 0 Å². The predicted molar refractivity (Wildman–Crippen MR) is 50.1 cm³/mol. The van der Waals surface area contributed by atoms with E-state index < -0.39 is 0 Å². The van der Waals surface area contributed by atoms with Crippen molar-refractivity contribution in [2.75, 3.05) is 0 Å². The molecule has 0 amide bonds. The number of aldehydes is 1. The highest BCUT2D eigenvalue weighted by atomic mass is 16.5. The Bertz CT molecular complexity index is 404. The molecule has 1 aliphatic heterocycles. The number of ether oxygens (including phenoxy) is 1. The van der Waals surface area contributed by atoms with Gasteiger partial charge in [0, 0.05) is 11.1 Å². The van der Waals surface area contributed by atoms with Crippen LogP contribution < -0.4 is 0 Å². The van der Waals surface area contributed by atoms with E-state index in [4.69, 9.17) is 4.74 Å². The van der Waals surface area contributed by atoms with E-state index in [0.717, 1.165) is 5.56 Å². The van der Waals surface area contributed by atoms with Crippen molar-refractivity contribution in [3.8, 4) is 0 Å². The normalized spacial score (nSPS) is 15.6. The van der Waals surface area contributed by atoms with Gasteiger partial charge in [-0.15, -0.1) is 0 Å². The molecule has 0 N–H and O–H groups in total. The summed E-state index contributed by atoms with van der Waals surface area (Å²) in [7, 11) is 0. The number of esters is 1. The van der Waals surface area contributed by atoms with Gasteiger partial charge in [-0.25, -0.2) is 0 Å². The van der Waals surface area contributed by atoms with Crippen LogP contribution >= 0.6 is 0 Å². The van der Waals surface area contributed by atoms with E-state index in [1.807, 2.05) is 18.2 Å². The van der Waals surface area contributed by atoms with Crippen LogP contribution in [0.15, 0.2) is 35.9 Å². The molecule has 0 unspecified atom stereocenters. The molecule has 0 radical (unpaired) electrons. The van der Waals surface area contributed by atoms with Gasteiger partial charge in [-0.1, -0.05) is 30.3 Å². The number of benzene rings is 1. The first-order valence-electron chi connectivity index (χ1n) is 4.25. The second-order valence-electron chi connectivity index (χ2n) is 2.99. The zero-order valence-corrected chi connectivity index (χ0v) is 7.40. The van der Waals surface area contributed by atoms with Gasteiger partial charge in [0.1, 0.15) is 12.0 Å². The Labute approximate surface area is 81.0 Å². The molecular formula is C11H8O3. The lowest BCUT2D eigenvalue weighted by Crippen LogP contribution is -1.93. The summed E-state index contributed by atoms with van der Waals surface area (Å²) >= 11 is 0. The third kappa shape index (κ3) is 1.44. The molecule has 0 saturated carbocycles. The van der Waals surface area contributed by atoms with Gasteiger partial charge in [0.05, 0.1) is 6.42 Å². The van der Waals surface area contributed by atoms with Crippen LogP contribution in [0.25, 0.3) is 5.76 Å². The third-order valence-corrected chi connectivity index (χ3v) is 2.02. The summed E-state index contributed by atoms with van der Waals surface area (Å²) in [6, 6.07) is 9.13. The van der Waals surface area contributed by atoms with Crippen LogP contribution in [0.1, 0.15) is 12.0 Å². The molecule has 1 aromatic rings. The number of carbonyl (C=O) groups excluding carboxylic acids is 2. The molecule has 1 heterocycles. The van der Waals surface area contributed by atoms with Crippen LogP contribution in [-0.2, 0) is 14.3 Å². The van der Waals surface area contributed by atoms with Gasteiger partial charge in [0.2, 0.25) is 0 Å². The molecule has 0 aromatic heterocycles. The Hall–Kier alpha value is -1.90. The summed E-state index contributed by atoms with van der Waals surface area (Å²) in [5.41, 5.74) is 1.18. The Balaban J connectivity index is 2.43. The van der Waals surface area contributed by atoms with Crippen molar-refractivity contribution in [2.45, 2.75) is 6.42 Å². The topological polar surface area (TPSA) is 43.4 Å². The maximum Gasteiger partial charge on any atom is 0.315 e. The molecule has 0 atom stereocenters. The van der Waals surface area contributed by atoms with Crippen molar-refractivity contribution in [2.24, 2.45) is 0 Å². The second kappa shape index (κ2) is 3.46. The minimum Gasteiger partial charge on any atom is -0.425 e. The molecule has 3 heteroatoms. The number of cyclic esters (lactones) is 1. The summed E-state index contributed by atoms with van der Waals surface area (Å²) in [6.07, 6.45) is 0.751. The van der Waals surface area contributed by atoms with Crippen LogP contribution in [0.3, 0.4) is 0 Å². The van der Waals surface area contributed by atoms with E-state index in [9.17, 15) is 9.59 Å². The summed E-state index contributed by atoms with van der Waals surface area (Å²) in [4.78, 5) is 21.6. The quantitative estimate of drug-likeness (QED) is 0.522. The molecule has 0 fully saturated rings. The first kappa shape index (κ1) is 8.69. The zero-order chi connectivity index (χ0) is 9.97. The SMILES string of the molecule is O=CC1=C(c2ccccc2)OC(=O)C1. The number of carbonyl (C=O) groups is 2. The van der Waals surface area contributed by atoms with Gasteiger partial charge < -0.3 is 4.74 Å². The van der Waals surface area contributed by atoms with Crippen molar-refractivity contribution in [1.82, 2.24) is 0 Å². The van der Waals surface area contributed by atoms with E-state index in [2.05, 4.69) is 0 Å². The largest absolute Gasteiger partial charge is 0.425 e. The van der Waals surface area contributed by atoms with E-state index >= 15 is 0 Å². The summed E-state index contributed by atoms with van der Waals surface area (Å²) in [5.74, 6) is 0.0246. The fraction of sp³-hybridized carbons (Fsp3) is 0.0909. The molecular weight excluding hydrogens is 180 g/mol. The van der Waals surface area contributed by atoms with E-state index in [-0.39, 0.29) is 12.4 Å². The Morgan fingerprint density at radius 2 is 1.93 bits per heavy atom. The highest BCUT2D eigenvalue weighted by Crippen LogP contribution is 2.27. The van der Waals surface area contributed by atoms with Crippen LogP contribution in [0, 0.1) is 0 Å². The minimum atomic E-state index is -0.369. The molecule has 70 valence electrons. The number of hydrogen-bond acceptors (Lipinski definition) is 3. The van der Waals surface area contributed by atoms with Gasteiger partial charge in [-0.3, -0.25) is 9.59 Å². The summed E-state index contributed by atoms with van der Waals surface area (Å²) < 4.78 is 4.96. The van der Waals surface area contributed by atoms with Gasteiger partial charge in [-0.05, 0) is 0 Å². The average molecular weight is 188 g/mol. The molecule has 2 rings (SSSR count). The van der Waals surface area contributed by atoms with Crippen molar-refractivity contribution in [1.29, 1.82) is 0 Å². The van der Waals surface area contributed by atoms with E-state index in [0.29, 0.717) is 17.6 Å². The Morgan fingerprint density at radius 3 is 2.57 bits per heavy atom. The molecule has 0 saturated heterocycles. The summed E-state index contributed by atoms with van der Waals surface area (Å²) in [5, 5.41) is 0. The van der Waals surface area contributed by atoms with E-state index in [1.165, 1.54) is 0 Å². The molecule has 0 spiro atoms. The Morgan fingerprint density at radius 1 is 1.21 bits per heavy atom. The smallest absolute Gasteiger partial charge is 0.315 e. The van der Waals surface area contributed by atoms with E-state index in [1.54, 1.807) is 12.1 Å². The standard InChI is InChI=1S/C11H8O3/c12-7-9-6-10(13)14-11(9)8-4-2-1-3-5-8/h1-5,7H,6H2. The monoisotopic (exact) mass is 188 g/mol. The zero-order valence-electron chi connectivity index (χ0n) is 7.40. The highest BCUT2D eigenvalue weighted by Gasteiger charge is 2.24. The lowest BCUT2D eigenvalue weighted by Gasteiger charge is -2.01. The number of rotatable bonds is 2. The van der Waals surface area contributed by atoms with Crippen LogP contribution in [-0.4, -0.2) is 12.3 Å². The molecule has 0 aliphatic carbocycles. The predicted octanol–water partition coefficient (Wildman–Crippen LogP) is 1.54. The van der Waals surface area contributed by atoms with Gasteiger partial charge in [0.25, 0.3) is 0 Å². The fourth-order valence-electron chi connectivity index (χ4n) is 1.38. The second-order valence-corrected chi connectivity index (χ2v) is 2.99. The summed E-state index contributed by atoms with van der Waals surface area (Å²) in [6.45, 7) is 0. The molecule has 1 aromatic carbocycles. The maximum atomic E-state index is 11.0. The first-order chi connectivity index (χ1) is 6.81. The fourth-order valence-corrected chi connectivity index (χ4v) is 1.38. The minimum absolute atomic E-state index is 0.0771. The van der Waals surface area contributed by atoms with Crippen molar-refractivity contribution in [3.05, 3.63) is 41.5 Å². The van der Waals surface area contributed by atoms with Crippen molar-refractivity contribution in [3.63, 3.8) is 0 Å². The number of hydrogen-bond donors (Lipinski definition) is 0. The average Bonchev–Trinajstić information content (AvgIpc) is 2.61. The highest BCUT2D eigenvalue weighted by molar-refractivity contribution is 5.99. The van der Waals surface area contributed by atoms with Crippen LogP contribution in [0.5, 0.6) is 0 Å². The molecule has 14 heavy (non-hydrogen) atoms. The lowest BCUT2D eigenvalue weighted by molar-refractivity contribution is -0.134. The van der Waals surface area contributed by atoms with Crippen LogP contribution in [0.4, 0.5) is 0 Å². The maximum absolute atomic E-state index is 11.0. The Kier molecular flexibility index (Phi) is 2.14. The van der Waals surface area contributed by atoms with Gasteiger partial charge in [0.15, 0.2) is 0 Å². The lowest BCUT2D eigenvalue weighted by atomic mass is 10.1. The van der Waals surface area contributed by atoms with Crippen molar-refractivity contribution >= 4 is 18.0 Å². The molecule has 1 aliphatic rings. The van der Waals surface area contributed by atoms with Crippen molar-refractivity contribution < 1.29 is 14.3 Å². The van der Waals surface area contributed by atoms with Crippen LogP contribution in [0.2, 0.25) is 0 Å².